The average Bonchev–Trinajstić information content (AvgIpc) is 2.27. The van der Waals surface area contributed by atoms with Crippen LogP contribution in [0.5, 0.6) is 0 Å². The molecule has 1 heterocycles. The second-order valence-corrected chi connectivity index (χ2v) is 4.23. The molecule has 0 radical (unpaired) electrons. The lowest BCUT2D eigenvalue weighted by Gasteiger charge is -2.16. The van der Waals surface area contributed by atoms with Crippen molar-refractivity contribution in [2.75, 3.05) is 19.0 Å². The molecule has 2 N–H and O–H groups in total. The molecule has 0 saturated carbocycles. The van der Waals surface area contributed by atoms with Crippen molar-refractivity contribution in [2.45, 2.75) is 13.5 Å². The maximum atomic E-state index is 5.66. The number of benzene rings is 1. The molecule has 0 amide bonds. The molecule has 0 aliphatic rings. The van der Waals surface area contributed by atoms with Crippen molar-refractivity contribution in [3.8, 4) is 0 Å². The first-order valence-corrected chi connectivity index (χ1v) is 5.39. The predicted octanol–water partition coefficient (Wildman–Crippen LogP) is 2.07. The van der Waals surface area contributed by atoms with Crippen LogP contribution in [0.15, 0.2) is 24.3 Å². The molecule has 0 aliphatic carbocycles. The Morgan fingerprint density at radius 2 is 2.00 bits per heavy atom. The number of rotatable bonds is 2. The molecule has 0 saturated heterocycles. The van der Waals surface area contributed by atoms with Crippen LogP contribution >= 0.6 is 0 Å². The number of pyridine rings is 1. The number of aromatic nitrogens is 1. The summed E-state index contributed by atoms with van der Waals surface area (Å²) in [6.07, 6.45) is 0. The van der Waals surface area contributed by atoms with Gasteiger partial charge >= 0.3 is 0 Å². The van der Waals surface area contributed by atoms with Gasteiger partial charge < -0.3 is 10.6 Å². The standard InChI is InChI=1S/C13H17N3/c1-9-6-13(16(2)3)11-7-10(8-14)4-5-12(11)15-9/h4-7H,8,14H2,1-3H3. The van der Waals surface area contributed by atoms with E-state index in [2.05, 4.69) is 22.0 Å². The predicted molar refractivity (Wildman–Crippen MR) is 68.7 cm³/mol. The number of hydrogen-bond acceptors (Lipinski definition) is 3. The topological polar surface area (TPSA) is 42.1 Å². The Morgan fingerprint density at radius 1 is 1.25 bits per heavy atom. The summed E-state index contributed by atoms with van der Waals surface area (Å²) in [7, 11) is 4.09. The highest BCUT2D eigenvalue weighted by Gasteiger charge is 2.06. The van der Waals surface area contributed by atoms with Crippen molar-refractivity contribution in [3.63, 3.8) is 0 Å². The van der Waals surface area contributed by atoms with Crippen molar-refractivity contribution >= 4 is 16.6 Å². The van der Waals surface area contributed by atoms with Gasteiger partial charge in [-0.1, -0.05) is 6.07 Å². The Kier molecular flexibility index (Phi) is 2.79. The Balaban J connectivity index is 2.75. The summed E-state index contributed by atoms with van der Waals surface area (Å²) in [6, 6.07) is 8.30. The van der Waals surface area contributed by atoms with Crippen LogP contribution in [0, 0.1) is 6.92 Å². The molecule has 0 unspecified atom stereocenters. The van der Waals surface area contributed by atoms with E-state index in [4.69, 9.17) is 5.73 Å². The summed E-state index contributed by atoms with van der Waals surface area (Å²) in [6.45, 7) is 2.58. The fourth-order valence-corrected chi connectivity index (χ4v) is 1.88. The van der Waals surface area contributed by atoms with Crippen LogP contribution in [-0.4, -0.2) is 19.1 Å². The molecule has 0 bridgehead atoms. The van der Waals surface area contributed by atoms with Gasteiger partial charge in [0.05, 0.1) is 5.52 Å². The zero-order chi connectivity index (χ0) is 11.7. The van der Waals surface area contributed by atoms with Crippen molar-refractivity contribution in [1.29, 1.82) is 0 Å². The highest BCUT2D eigenvalue weighted by atomic mass is 15.1. The van der Waals surface area contributed by atoms with E-state index in [1.54, 1.807) is 0 Å². The Hall–Kier alpha value is -1.61. The zero-order valence-electron chi connectivity index (χ0n) is 9.99. The third-order valence-electron chi connectivity index (χ3n) is 2.70. The molecule has 1 aromatic carbocycles. The Morgan fingerprint density at radius 3 is 2.62 bits per heavy atom. The number of fused-ring (bicyclic) bond motifs is 1. The van der Waals surface area contributed by atoms with Crippen molar-refractivity contribution in [3.05, 3.63) is 35.5 Å². The third kappa shape index (κ3) is 1.86. The van der Waals surface area contributed by atoms with E-state index < -0.39 is 0 Å². The largest absolute Gasteiger partial charge is 0.377 e. The normalized spacial score (nSPS) is 10.8. The first-order valence-electron chi connectivity index (χ1n) is 5.39. The number of hydrogen-bond donors (Lipinski definition) is 1. The Labute approximate surface area is 95.9 Å². The smallest absolute Gasteiger partial charge is 0.0726 e. The van der Waals surface area contributed by atoms with Gasteiger partial charge in [-0.05, 0) is 30.7 Å². The van der Waals surface area contributed by atoms with E-state index in [0.717, 1.165) is 16.8 Å². The first kappa shape index (κ1) is 10.9. The molecule has 3 heteroatoms. The molecule has 2 rings (SSSR count). The van der Waals surface area contributed by atoms with Crippen LogP contribution in [0.3, 0.4) is 0 Å². The summed E-state index contributed by atoms with van der Waals surface area (Å²) in [5.74, 6) is 0. The lowest BCUT2D eigenvalue weighted by atomic mass is 10.1. The van der Waals surface area contributed by atoms with E-state index >= 15 is 0 Å². The van der Waals surface area contributed by atoms with Gasteiger partial charge in [0.2, 0.25) is 0 Å². The van der Waals surface area contributed by atoms with E-state index in [9.17, 15) is 0 Å². The second-order valence-electron chi connectivity index (χ2n) is 4.23. The highest BCUT2D eigenvalue weighted by molar-refractivity contribution is 5.92. The maximum Gasteiger partial charge on any atom is 0.0726 e. The maximum absolute atomic E-state index is 5.66. The van der Waals surface area contributed by atoms with Gasteiger partial charge in [0.25, 0.3) is 0 Å². The fourth-order valence-electron chi connectivity index (χ4n) is 1.88. The van der Waals surface area contributed by atoms with E-state index in [0.29, 0.717) is 6.54 Å². The second kappa shape index (κ2) is 4.10. The molecule has 16 heavy (non-hydrogen) atoms. The molecule has 84 valence electrons. The molecule has 0 spiro atoms. The highest BCUT2D eigenvalue weighted by Crippen LogP contribution is 2.26. The molecule has 0 atom stereocenters. The van der Waals surface area contributed by atoms with Gasteiger partial charge in [0.1, 0.15) is 0 Å². The molecular formula is C13H17N3. The van der Waals surface area contributed by atoms with Gasteiger partial charge in [0.15, 0.2) is 0 Å². The number of nitrogens with zero attached hydrogens (tertiary/aromatic N) is 2. The number of aryl methyl sites for hydroxylation is 1. The van der Waals surface area contributed by atoms with Gasteiger partial charge in [-0.3, -0.25) is 4.98 Å². The third-order valence-corrected chi connectivity index (χ3v) is 2.70. The fraction of sp³-hybridized carbons (Fsp3) is 0.308. The van der Waals surface area contributed by atoms with Crippen LogP contribution in [0.1, 0.15) is 11.3 Å². The molecular weight excluding hydrogens is 198 g/mol. The van der Waals surface area contributed by atoms with Crippen LogP contribution in [0.25, 0.3) is 10.9 Å². The number of nitrogens with two attached hydrogens (primary N) is 1. The van der Waals surface area contributed by atoms with Gasteiger partial charge in [-0.2, -0.15) is 0 Å². The lowest BCUT2D eigenvalue weighted by molar-refractivity contribution is 1.07. The van der Waals surface area contributed by atoms with E-state index in [1.807, 2.05) is 33.2 Å². The van der Waals surface area contributed by atoms with Gasteiger partial charge in [-0.15, -0.1) is 0 Å². The van der Waals surface area contributed by atoms with Gasteiger partial charge in [0, 0.05) is 37.4 Å². The summed E-state index contributed by atoms with van der Waals surface area (Å²) in [5, 5.41) is 1.17. The van der Waals surface area contributed by atoms with E-state index in [1.165, 1.54) is 11.1 Å². The molecule has 0 aliphatic heterocycles. The van der Waals surface area contributed by atoms with E-state index in [-0.39, 0.29) is 0 Å². The lowest BCUT2D eigenvalue weighted by Crippen LogP contribution is -2.10. The van der Waals surface area contributed by atoms with Crippen LogP contribution in [0.2, 0.25) is 0 Å². The summed E-state index contributed by atoms with van der Waals surface area (Å²) in [5.41, 5.74) is 10.1. The van der Waals surface area contributed by atoms with Crippen molar-refractivity contribution in [1.82, 2.24) is 4.98 Å². The van der Waals surface area contributed by atoms with Gasteiger partial charge in [-0.25, -0.2) is 0 Å². The van der Waals surface area contributed by atoms with Crippen molar-refractivity contribution < 1.29 is 0 Å². The molecule has 0 fully saturated rings. The summed E-state index contributed by atoms with van der Waals surface area (Å²) >= 11 is 0. The Bertz CT molecular complexity index is 518. The average molecular weight is 215 g/mol. The monoisotopic (exact) mass is 215 g/mol. The zero-order valence-corrected chi connectivity index (χ0v) is 9.99. The minimum atomic E-state index is 0.566. The minimum absolute atomic E-state index is 0.566. The quantitative estimate of drug-likeness (QED) is 0.834. The van der Waals surface area contributed by atoms with Crippen LogP contribution < -0.4 is 10.6 Å². The molecule has 1 aromatic heterocycles. The molecule has 3 nitrogen and oxygen atoms in total. The van der Waals surface area contributed by atoms with Crippen LogP contribution in [-0.2, 0) is 6.54 Å². The SMILES string of the molecule is Cc1cc(N(C)C)c2cc(CN)ccc2n1. The minimum Gasteiger partial charge on any atom is -0.377 e. The summed E-state index contributed by atoms with van der Waals surface area (Å²) in [4.78, 5) is 6.64. The summed E-state index contributed by atoms with van der Waals surface area (Å²) < 4.78 is 0. The number of anilines is 1. The van der Waals surface area contributed by atoms with Crippen molar-refractivity contribution in [2.24, 2.45) is 5.73 Å². The first-order chi connectivity index (χ1) is 7.61. The van der Waals surface area contributed by atoms with Crippen LogP contribution in [0.4, 0.5) is 5.69 Å². The molecule has 2 aromatic rings.